The van der Waals surface area contributed by atoms with E-state index in [1.165, 1.54) is 39.8 Å². The van der Waals surface area contributed by atoms with Crippen LogP contribution in [0.4, 0.5) is 17.6 Å². The number of rotatable bonds is 8. The summed E-state index contributed by atoms with van der Waals surface area (Å²) in [4.78, 5) is 43.1. The molecule has 226 valence electrons. The van der Waals surface area contributed by atoms with Crippen molar-refractivity contribution in [3.05, 3.63) is 47.7 Å². The van der Waals surface area contributed by atoms with Gasteiger partial charge in [0.1, 0.15) is 5.69 Å². The SMILES string of the molecule is CCn1nccc1C(=O)NC(c1cn2nc(CC3(C(=O)OC)CC(F)(F)CNC3=O)ccc2n1)C1CCCC(F)(F)C1. The Labute approximate surface area is 238 Å². The number of nitrogens with zero attached hydrogens (tertiary/aromatic N) is 5. The predicted octanol–water partition coefficient (Wildman–Crippen LogP) is 3.10. The first-order chi connectivity index (χ1) is 19.9. The molecule has 2 fully saturated rings. The zero-order chi connectivity index (χ0) is 30.3. The molecule has 1 saturated heterocycles. The lowest BCUT2D eigenvalue weighted by Crippen LogP contribution is -2.59. The average Bonchev–Trinajstić information content (AvgIpc) is 3.59. The van der Waals surface area contributed by atoms with E-state index in [-0.39, 0.29) is 29.9 Å². The number of carbonyl (C=O) groups excluding carboxylic acids is 3. The van der Waals surface area contributed by atoms with E-state index in [0.717, 1.165) is 7.11 Å². The summed E-state index contributed by atoms with van der Waals surface area (Å²) >= 11 is 0. The molecule has 3 unspecified atom stereocenters. The van der Waals surface area contributed by atoms with Gasteiger partial charge in [-0.25, -0.2) is 27.1 Å². The number of aromatic nitrogens is 5. The molecule has 0 radical (unpaired) electrons. The second-order valence-electron chi connectivity index (χ2n) is 11.0. The number of methoxy groups -OCH3 is 1. The van der Waals surface area contributed by atoms with Crippen molar-refractivity contribution >= 4 is 23.4 Å². The Morgan fingerprint density at radius 1 is 1.21 bits per heavy atom. The van der Waals surface area contributed by atoms with Gasteiger partial charge in [0.25, 0.3) is 11.8 Å². The third kappa shape index (κ3) is 5.68. The van der Waals surface area contributed by atoms with E-state index in [4.69, 9.17) is 4.74 Å². The summed E-state index contributed by atoms with van der Waals surface area (Å²) in [7, 11) is 1.01. The Balaban J connectivity index is 1.48. The highest BCUT2D eigenvalue weighted by atomic mass is 19.3. The molecule has 1 aliphatic heterocycles. The van der Waals surface area contributed by atoms with Gasteiger partial charge in [-0.05, 0) is 43.9 Å². The van der Waals surface area contributed by atoms with E-state index < -0.39 is 72.8 Å². The fraction of sp³-hybridized carbons (Fsp3) is 0.556. The maximum Gasteiger partial charge on any atom is 0.322 e. The summed E-state index contributed by atoms with van der Waals surface area (Å²) < 4.78 is 65.2. The Hall–Kier alpha value is -4.04. The minimum atomic E-state index is -3.34. The van der Waals surface area contributed by atoms with Crippen molar-refractivity contribution in [2.75, 3.05) is 13.7 Å². The van der Waals surface area contributed by atoms with Gasteiger partial charge in [-0.15, -0.1) is 0 Å². The summed E-state index contributed by atoms with van der Waals surface area (Å²) in [5.74, 6) is -9.36. The van der Waals surface area contributed by atoms with Crippen LogP contribution in [0.15, 0.2) is 30.6 Å². The molecule has 2 amide bonds. The van der Waals surface area contributed by atoms with Gasteiger partial charge in [-0.2, -0.15) is 10.2 Å². The van der Waals surface area contributed by atoms with Crippen molar-refractivity contribution in [2.24, 2.45) is 11.3 Å². The van der Waals surface area contributed by atoms with E-state index in [1.807, 2.05) is 6.92 Å². The van der Waals surface area contributed by atoms with Crippen molar-refractivity contribution < 1.29 is 36.7 Å². The zero-order valence-corrected chi connectivity index (χ0v) is 23.1. The van der Waals surface area contributed by atoms with Crippen LogP contribution in [0.1, 0.15) is 66.9 Å². The molecule has 0 bridgehead atoms. The van der Waals surface area contributed by atoms with Crippen LogP contribution in [0, 0.1) is 11.3 Å². The predicted molar refractivity (Wildman–Crippen MR) is 139 cm³/mol. The number of carbonyl (C=O) groups is 3. The molecule has 5 rings (SSSR count). The lowest BCUT2D eigenvalue weighted by Gasteiger charge is -2.37. The topological polar surface area (TPSA) is 133 Å². The van der Waals surface area contributed by atoms with Gasteiger partial charge in [0.05, 0.1) is 37.3 Å². The summed E-state index contributed by atoms with van der Waals surface area (Å²) in [5.41, 5.74) is -1.23. The van der Waals surface area contributed by atoms with Gasteiger partial charge in [0, 0.05) is 38.4 Å². The molecule has 2 aliphatic rings. The van der Waals surface area contributed by atoms with E-state index in [1.54, 1.807) is 0 Å². The number of fused-ring (bicyclic) bond motifs is 1. The van der Waals surface area contributed by atoms with Crippen LogP contribution in [-0.4, -0.2) is 67.7 Å². The van der Waals surface area contributed by atoms with E-state index in [9.17, 15) is 31.9 Å². The fourth-order valence-electron chi connectivity index (χ4n) is 5.95. The first-order valence-electron chi connectivity index (χ1n) is 13.7. The van der Waals surface area contributed by atoms with Gasteiger partial charge in [-0.1, -0.05) is 0 Å². The van der Waals surface area contributed by atoms with Crippen LogP contribution in [0.2, 0.25) is 0 Å². The van der Waals surface area contributed by atoms with Crippen LogP contribution >= 0.6 is 0 Å². The van der Waals surface area contributed by atoms with Crippen LogP contribution in [0.25, 0.3) is 5.65 Å². The normalized spacial score (nSPS) is 24.1. The summed E-state index contributed by atoms with van der Waals surface area (Å²) in [6, 6.07) is 3.60. The molecular formula is C27H31F4N7O4. The highest BCUT2D eigenvalue weighted by molar-refractivity contribution is 6.03. The molecule has 42 heavy (non-hydrogen) atoms. The standard InChI is InChI=1S/C27H31F4N7O4/c1-3-37-19(8-10-33-37)22(39)35-21(16-5-4-9-26(28,29)11-16)18-13-38-20(34-18)7-6-17(36-38)12-25(24(41)42-2)14-27(30,31)15-32-23(25)40/h6-8,10,13,16,21H,3-5,9,11-12,14-15H2,1-2H3,(H,32,40)(H,35,39). The lowest BCUT2D eigenvalue weighted by molar-refractivity contribution is -0.172. The summed E-state index contributed by atoms with van der Waals surface area (Å²) in [5, 5.41) is 13.5. The molecular weight excluding hydrogens is 562 g/mol. The summed E-state index contributed by atoms with van der Waals surface area (Å²) in [6.07, 6.45) is 1.45. The van der Waals surface area contributed by atoms with Crippen LogP contribution < -0.4 is 10.6 Å². The van der Waals surface area contributed by atoms with Crippen molar-refractivity contribution in [2.45, 2.75) is 69.9 Å². The number of aryl methyl sites for hydroxylation is 1. The Kier molecular flexibility index (Phi) is 7.70. The molecule has 11 nitrogen and oxygen atoms in total. The molecule has 3 atom stereocenters. The van der Waals surface area contributed by atoms with E-state index in [2.05, 4.69) is 25.8 Å². The van der Waals surface area contributed by atoms with Crippen LogP contribution in [0.5, 0.6) is 0 Å². The molecule has 3 aromatic heterocycles. The quantitative estimate of drug-likeness (QED) is 0.233. The molecule has 0 spiro atoms. The number of amides is 2. The number of halogens is 4. The Morgan fingerprint density at radius 3 is 2.71 bits per heavy atom. The van der Waals surface area contributed by atoms with E-state index >= 15 is 0 Å². The first-order valence-corrected chi connectivity index (χ1v) is 13.7. The number of hydrogen-bond donors (Lipinski definition) is 2. The lowest BCUT2D eigenvalue weighted by atomic mass is 9.74. The van der Waals surface area contributed by atoms with Gasteiger partial charge >= 0.3 is 5.97 Å². The minimum Gasteiger partial charge on any atom is -0.468 e. The van der Waals surface area contributed by atoms with Crippen LogP contribution in [0.3, 0.4) is 0 Å². The third-order valence-corrected chi connectivity index (χ3v) is 7.96. The molecule has 1 saturated carbocycles. The smallest absolute Gasteiger partial charge is 0.322 e. The second-order valence-corrected chi connectivity index (χ2v) is 11.0. The van der Waals surface area contributed by atoms with Crippen LogP contribution in [-0.2, 0) is 27.3 Å². The average molecular weight is 594 g/mol. The third-order valence-electron chi connectivity index (χ3n) is 7.96. The first kappa shape index (κ1) is 29.5. The molecule has 15 heteroatoms. The minimum absolute atomic E-state index is 0.126. The molecule has 4 heterocycles. The van der Waals surface area contributed by atoms with Crippen molar-refractivity contribution in [3.63, 3.8) is 0 Å². The zero-order valence-electron chi connectivity index (χ0n) is 23.1. The Morgan fingerprint density at radius 2 is 2.00 bits per heavy atom. The maximum absolute atomic E-state index is 14.5. The highest BCUT2D eigenvalue weighted by Gasteiger charge is 2.57. The number of piperidine rings is 1. The Bertz CT molecular complexity index is 1500. The van der Waals surface area contributed by atoms with Crippen molar-refractivity contribution in [3.8, 4) is 0 Å². The molecule has 0 aromatic carbocycles. The van der Waals surface area contributed by atoms with Crippen molar-refractivity contribution in [1.82, 2.24) is 35.0 Å². The van der Waals surface area contributed by atoms with Gasteiger partial charge in [-0.3, -0.25) is 19.1 Å². The number of ether oxygens (including phenoxy) is 1. The monoisotopic (exact) mass is 593 g/mol. The number of nitrogens with one attached hydrogen (secondary N) is 2. The van der Waals surface area contributed by atoms with Gasteiger partial charge in [0.2, 0.25) is 11.8 Å². The highest BCUT2D eigenvalue weighted by Crippen LogP contribution is 2.43. The largest absolute Gasteiger partial charge is 0.468 e. The molecule has 2 N–H and O–H groups in total. The number of esters is 1. The van der Waals surface area contributed by atoms with E-state index in [0.29, 0.717) is 18.6 Å². The molecule has 3 aromatic rings. The molecule has 1 aliphatic carbocycles. The summed E-state index contributed by atoms with van der Waals surface area (Å²) in [6.45, 7) is 1.35. The number of alkyl halides is 4. The van der Waals surface area contributed by atoms with Crippen molar-refractivity contribution in [1.29, 1.82) is 0 Å². The number of hydrogen-bond acceptors (Lipinski definition) is 7. The van der Waals surface area contributed by atoms with Gasteiger partial charge in [0.15, 0.2) is 11.1 Å². The second kappa shape index (κ2) is 11.0. The number of imidazole rings is 1. The van der Waals surface area contributed by atoms with Gasteiger partial charge < -0.3 is 15.4 Å². The fourth-order valence-corrected chi connectivity index (χ4v) is 5.95. The maximum atomic E-state index is 14.5.